The van der Waals surface area contributed by atoms with Crippen molar-refractivity contribution in [2.75, 3.05) is 19.5 Å². The second kappa shape index (κ2) is 6.51. The molecule has 1 aromatic heterocycles. The van der Waals surface area contributed by atoms with Crippen LogP contribution in [0.25, 0.3) is 0 Å². The van der Waals surface area contributed by atoms with Crippen LogP contribution in [0.1, 0.15) is 32.1 Å². The molecule has 1 aliphatic rings. The van der Waals surface area contributed by atoms with Gasteiger partial charge in [-0.25, -0.2) is 0 Å². The lowest BCUT2D eigenvalue weighted by atomic mass is 10.1. The normalized spacial score (nSPS) is 23.5. The minimum atomic E-state index is -0.378. The van der Waals surface area contributed by atoms with Crippen LogP contribution in [0.15, 0.2) is 0 Å². The molecule has 0 radical (unpaired) electrons. The van der Waals surface area contributed by atoms with Crippen molar-refractivity contribution in [2.45, 2.75) is 44.2 Å². The van der Waals surface area contributed by atoms with Crippen molar-refractivity contribution in [2.24, 2.45) is 0 Å². The van der Waals surface area contributed by atoms with Crippen molar-refractivity contribution in [1.82, 2.24) is 15.0 Å². The van der Waals surface area contributed by atoms with Gasteiger partial charge in [-0.15, -0.1) is 4.98 Å². The molecule has 1 heterocycles. The van der Waals surface area contributed by atoms with E-state index in [-0.39, 0.29) is 24.2 Å². The Morgan fingerprint density at radius 3 is 2.26 bits per heavy atom. The Balaban J connectivity index is 2.12. The van der Waals surface area contributed by atoms with Crippen molar-refractivity contribution in [3.8, 4) is 12.0 Å². The maximum absolute atomic E-state index is 10.1. The van der Waals surface area contributed by atoms with Gasteiger partial charge in [-0.3, -0.25) is 0 Å². The number of rotatable bonds is 4. The van der Waals surface area contributed by atoms with Crippen LogP contribution in [0.3, 0.4) is 0 Å². The summed E-state index contributed by atoms with van der Waals surface area (Å²) in [6.07, 6.45) is 4.63. The molecule has 1 aliphatic carbocycles. The molecule has 1 saturated carbocycles. The number of aliphatic hydroxyl groups is 1. The molecule has 7 nitrogen and oxygen atoms in total. The zero-order valence-corrected chi connectivity index (χ0v) is 11.3. The Kier molecular flexibility index (Phi) is 4.73. The first-order valence-corrected chi connectivity index (χ1v) is 6.51. The first kappa shape index (κ1) is 13.8. The van der Waals surface area contributed by atoms with Crippen LogP contribution in [0.2, 0.25) is 0 Å². The maximum Gasteiger partial charge on any atom is 0.324 e. The van der Waals surface area contributed by atoms with E-state index in [2.05, 4.69) is 20.3 Å². The van der Waals surface area contributed by atoms with E-state index >= 15 is 0 Å². The predicted molar refractivity (Wildman–Crippen MR) is 69.4 cm³/mol. The van der Waals surface area contributed by atoms with Crippen molar-refractivity contribution in [3.05, 3.63) is 0 Å². The van der Waals surface area contributed by atoms with E-state index in [0.29, 0.717) is 5.95 Å². The minimum Gasteiger partial charge on any atom is -0.467 e. The maximum atomic E-state index is 10.1. The number of hydrogen-bond donors (Lipinski definition) is 2. The van der Waals surface area contributed by atoms with E-state index in [1.54, 1.807) is 0 Å². The highest BCUT2D eigenvalue weighted by atomic mass is 16.5. The molecule has 2 N–H and O–H groups in total. The summed E-state index contributed by atoms with van der Waals surface area (Å²) >= 11 is 0. The van der Waals surface area contributed by atoms with E-state index in [0.717, 1.165) is 32.1 Å². The first-order valence-electron chi connectivity index (χ1n) is 6.51. The quantitative estimate of drug-likeness (QED) is 0.787. The van der Waals surface area contributed by atoms with Crippen LogP contribution < -0.4 is 14.8 Å². The van der Waals surface area contributed by atoms with Crippen LogP contribution in [-0.2, 0) is 0 Å². The fourth-order valence-electron chi connectivity index (χ4n) is 2.21. The molecule has 0 spiro atoms. The van der Waals surface area contributed by atoms with Gasteiger partial charge >= 0.3 is 12.0 Å². The highest BCUT2D eigenvalue weighted by Gasteiger charge is 2.22. The van der Waals surface area contributed by atoms with Crippen LogP contribution in [-0.4, -0.2) is 46.4 Å². The van der Waals surface area contributed by atoms with Gasteiger partial charge in [0.2, 0.25) is 5.95 Å². The van der Waals surface area contributed by atoms with Crippen LogP contribution in [0, 0.1) is 0 Å². The summed E-state index contributed by atoms with van der Waals surface area (Å²) in [5, 5.41) is 13.2. The highest BCUT2D eigenvalue weighted by Crippen LogP contribution is 2.21. The molecule has 1 fully saturated rings. The monoisotopic (exact) mass is 268 g/mol. The highest BCUT2D eigenvalue weighted by molar-refractivity contribution is 5.29. The Morgan fingerprint density at radius 1 is 1.00 bits per heavy atom. The van der Waals surface area contributed by atoms with Crippen molar-refractivity contribution in [1.29, 1.82) is 0 Å². The smallest absolute Gasteiger partial charge is 0.324 e. The summed E-state index contributed by atoms with van der Waals surface area (Å²) < 4.78 is 9.99. The van der Waals surface area contributed by atoms with Gasteiger partial charge in [0, 0.05) is 0 Å². The first-order chi connectivity index (χ1) is 9.22. The molecule has 0 bridgehead atoms. The molecule has 2 unspecified atom stereocenters. The number of methoxy groups -OCH3 is 2. The number of nitrogens with zero attached hydrogens (tertiary/aromatic N) is 3. The lowest BCUT2D eigenvalue weighted by molar-refractivity contribution is 0.144. The number of ether oxygens (including phenoxy) is 2. The lowest BCUT2D eigenvalue weighted by Crippen LogP contribution is -2.33. The van der Waals surface area contributed by atoms with Crippen LogP contribution in [0.4, 0.5) is 5.95 Å². The molecule has 0 amide bonds. The SMILES string of the molecule is COc1nc(NC2CCCCCC2O)nc(OC)n1. The Labute approximate surface area is 112 Å². The number of nitrogens with one attached hydrogen (secondary N) is 1. The molecule has 106 valence electrons. The standard InChI is InChI=1S/C12H20N4O3/c1-18-11-14-10(15-12(16-11)19-2)13-8-6-4-3-5-7-9(8)17/h8-9,17H,3-7H2,1-2H3,(H,13,14,15,16). The van der Waals surface area contributed by atoms with E-state index < -0.39 is 0 Å². The topological polar surface area (TPSA) is 89.4 Å². The summed E-state index contributed by atoms with van der Waals surface area (Å²) in [6.45, 7) is 0. The predicted octanol–water partition coefficient (Wildman–Crippen LogP) is 0.994. The van der Waals surface area contributed by atoms with E-state index in [4.69, 9.17) is 9.47 Å². The third kappa shape index (κ3) is 3.66. The number of hydrogen-bond acceptors (Lipinski definition) is 7. The molecular formula is C12H20N4O3. The summed E-state index contributed by atoms with van der Waals surface area (Å²) in [5.41, 5.74) is 0. The van der Waals surface area contributed by atoms with Gasteiger partial charge in [0.05, 0.1) is 26.4 Å². The van der Waals surface area contributed by atoms with Gasteiger partial charge in [0.15, 0.2) is 0 Å². The van der Waals surface area contributed by atoms with Crippen molar-refractivity contribution >= 4 is 5.95 Å². The third-order valence-corrected chi connectivity index (χ3v) is 3.25. The Morgan fingerprint density at radius 2 is 1.63 bits per heavy atom. The Bertz CT molecular complexity index is 394. The third-order valence-electron chi connectivity index (χ3n) is 3.25. The molecule has 0 aliphatic heterocycles. The number of aliphatic hydroxyl groups excluding tert-OH is 1. The summed E-state index contributed by atoms with van der Waals surface area (Å²) in [7, 11) is 2.97. The molecule has 0 saturated heterocycles. The molecule has 1 aromatic rings. The summed E-state index contributed by atoms with van der Waals surface area (Å²) in [5.74, 6) is 0.370. The van der Waals surface area contributed by atoms with E-state index in [9.17, 15) is 5.11 Å². The molecule has 19 heavy (non-hydrogen) atoms. The van der Waals surface area contributed by atoms with Crippen molar-refractivity contribution in [3.63, 3.8) is 0 Å². The minimum absolute atomic E-state index is 0.0423. The summed E-state index contributed by atoms with van der Waals surface area (Å²) in [6, 6.07) is 0.342. The van der Waals surface area contributed by atoms with Gasteiger partial charge in [-0.2, -0.15) is 9.97 Å². The van der Waals surface area contributed by atoms with Crippen LogP contribution in [0.5, 0.6) is 12.0 Å². The number of aromatic nitrogens is 3. The lowest BCUT2D eigenvalue weighted by Gasteiger charge is -2.21. The van der Waals surface area contributed by atoms with Crippen LogP contribution >= 0.6 is 0 Å². The van der Waals surface area contributed by atoms with Gasteiger partial charge in [-0.05, 0) is 12.8 Å². The summed E-state index contributed by atoms with van der Waals surface area (Å²) in [4.78, 5) is 12.2. The van der Waals surface area contributed by atoms with Gasteiger partial charge in [0.25, 0.3) is 0 Å². The van der Waals surface area contributed by atoms with Gasteiger partial charge < -0.3 is 19.9 Å². The molecule has 2 rings (SSSR count). The van der Waals surface area contributed by atoms with E-state index in [1.807, 2.05) is 0 Å². The molecule has 2 atom stereocenters. The van der Waals surface area contributed by atoms with Gasteiger partial charge in [0.1, 0.15) is 0 Å². The van der Waals surface area contributed by atoms with Gasteiger partial charge in [-0.1, -0.05) is 19.3 Å². The zero-order chi connectivity index (χ0) is 13.7. The Hall–Kier alpha value is -1.63. The van der Waals surface area contributed by atoms with Crippen molar-refractivity contribution < 1.29 is 14.6 Å². The average molecular weight is 268 g/mol. The second-order valence-corrected chi connectivity index (χ2v) is 4.59. The average Bonchev–Trinajstić information content (AvgIpc) is 2.63. The second-order valence-electron chi connectivity index (χ2n) is 4.59. The number of anilines is 1. The van der Waals surface area contributed by atoms with E-state index in [1.165, 1.54) is 14.2 Å². The molecule has 0 aromatic carbocycles. The molecular weight excluding hydrogens is 248 g/mol. The fourth-order valence-corrected chi connectivity index (χ4v) is 2.21. The zero-order valence-electron chi connectivity index (χ0n) is 11.3. The molecule has 7 heteroatoms. The largest absolute Gasteiger partial charge is 0.467 e. The fraction of sp³-hybridized carbons (Fsp3) is 0.750.